The first-order valence-electron chi connectivity index (χ1n) is 5.35. The van der Waals surface area contributed by atoms with Crippen molar-refractivity contribution >= 4 is 17.3 Å². The van der Waals surface area contributed by atoms with E-state index in [0.717, 1.165) is 11.5 Å². The number of hydrogen-bond donors (Lipinski definition) is 1. The molecule has 0 unspecified atom stereocenters. The number of ether oxygens (including phenoxy) is 1. The van der Waals surface area contributed by atoms with Gasteiger partial charge in [-0.25, -0.2) is 9.37 Å². The normalized spacial score (nSPS) is 10.4. The summed E-state index contributed by atoms with van der Waals surface area (Å²) >= 11 is 5.88. The molecule has 96 valence electrons. The van der Waals surface area contributed by atoms with Gasteiger partial charge in [-0.05, 0) is 12.1 Å². The van der Waals surface area contributed by atoms with Crippen LogP contribution in [0.1, 0.15) is 5.82 Å². The van der Waals surface area contributed by atoms with Gasteiger partial charge < -0.3 is 14.6 Å². The number of methoxy groups -OCH3 is 1. The Bertz CT molecular complexity index is 556. The van der Waals surface area contributed by atoms with Crippen molar-refractivity contribution in [2.75, 3.05) is 12.4 Å². The first-order chi connectivity index (χ1) is 8.61. The molecule has 2 aromatic rings. The standard InChI is InChI=1S/C12H13ClFN3O/c1-17-11(13)6-16-12(17)7-15-8-3-4-9(14)10(5-8)18-2/h3-6,15H,7H2,1-2H3. The third-order valence-electron chi connectivity index (χ3n) is 2.63. The highest BCUT2D eigenvalue weighted by atomic mass is 35.5. The average molecular weight is 270 g/mol. The number of halogens is 2. The second-order valence-corrected chi connectivity index (χ2v) is 4.15. The zero-order chi connectivity index (χ0) is 13.1. The van der Waals surface area contributed by atoms with E-state index in [1.165, 1.54) is 13.2 Å². The van der Waals surface area contributed by atoms with Crippen molar-refractivity contribution in [3.05, 3.63) is 41.2 Å². The molecule has 6 heteroatoms. The molecule has 0 atom stereocenters. The van der Waals surface area contributed by atoms with E-state index in [2.05, 4.69) is 10.3 Å². The number of nitrogens with one attached hydrogen (secondary N) is 1. The fraction of sp³-hybridized carbons (Fsp3) is 0.250. The fourth-order valence-corrected chi connectivity index (χ4v) is 1.69. The van der Waals surface area contributed by atoms with Crippen LogP contribution in [-0.2, 0) is 13.6 Å². The topological polar surface area (TPSA) is 39.1 Å². The van der Waals surface area contributed by atoms with Crippen molar-refractivity contribution in [3.8, 4) is 5.75 Å². The molecule has 0 fully saturated rings. The predicted octanol–water partition coefficient (Wildman–Crippen LogP) is 2.83. The molecule has 2 rings (SSSR count). The van der Waals surface area contributed by atoms with Crippen LogP contribution in [0.15, 0.2) is 24.4 Å². The molecule has 4 nitrogen and oxygen atoms in total. The van der Waals surface area contributed by atoms with Gasteiger partial charge >= 0.3 is 0 Å². The summed E-state index contributed by atoms with van der Waals surface area (Å²) in [4.78, 5) is 4.15. The van der Waals surface area contributed by atoms with E-state index in [9.17, 15) is 4.39 Å². The summed E-state index contributed by atoms with van der Waals surface area (Å²) in [7, 11) is 3.26. The largest absolute Gasteiger partial charge is 0.494 e. The van der Waals surface area contributed by atoms with Crippen LogP contribution >= 0.6 is 11.6 Å². The van der Waals surface area contributed by atoms with E-state index in [0.29, 0.717) is 11.7 Å². The van der Waals surface area contributed by atoms with E-state index in [1.54, 1.807) is 22.9 Å². The summed E-state index contributed by atoms with van der Waals surface area (Å²) in [6, 6.07) is 4.59. The maximum atomic E-state index is 13.2. The van der Waals surface area contributed by atoms with E-state index >= 15 is 0 Å². The molecule has 1 aromatic heterocycles. The maximum Gasteiger partial charge on any atom is 0.165 e. The molecule has 0 spiro atoms. The van der Waals surface area contributed by atoms with Crippen LogP contribution < -0.4 is 10.1 Å². The Kier molecular flexibility index (Phi) is 3.72. The number of hydrogen-bond acceptors (Lipinski definition) is 3. The average Bonchev–Trinajstić information content (AvgIpc) is 2.69. The fourth-order valence-electron chi connectivity index (χ4n) is 1.54. The Morgan fingerprint density at radius 1 is 1.50 bits per heavy atom. The molecule has 18 heavy (non-hydrogen) atoms. The quantitative estimate of drug-likeness (QED) is 0.928. The van der Waals surface area contributed by atoms with Crippen molar-refractivity contribution in [3.63, 3.8) is 0 Å². The first kappa shape index (κ1) is 12.7. The molecule has 0 saturated carbocycles. The minimum absolute atomic E-state index is 0.206. The van der Waals surface area contributed by atoms with Gasteiger partial charge in [0.2, 0.25) is 0 Å². The lowest BCUT2D eigenvalue weighted by molar-refractivity contribution is 0.387. The number of benzene rings is 1. The van der Waals surface area contributed by atoms with Gasteiger partial charge in [-0.2, -0.15) is 0 Å². The summed E-state index contributed by atoms with van der Waals surface area (Å²) < 4.78 is 19.9. The van der Waals surface area contributed by atoms with Gasteiger partial charge in [-0.3, -0.25) is 0 Å². The lowest BCUT2D eigenvalue weighted by Crippen LogP contribution is -2.06. The number of nitrogens with zero attached hydrogens (tertiary/aromatic N) is 2. The second kappa shape index (κ2) is 5.27. The van der Waals surface area contributed by atoms with Crippen LogP contribution in [0.3, 0.4) is 0 Å². The van der Waals surface area contributed by atoms with Crippen molar-refractivity contribution < 1.29 is 9.13 Å². The highest BCUT2D eigenvalue weighted by molar-refractivity contribution is 6.29. The van der Waals surface area contributed by atoms with E-state index in [1.807, 2.05) is 7.05 Å². The van der Waals surface area contributed by atoms with Gasteiger partial charge in [0.05, 0.1) is 19.9 Å². The third kappa shape index (κ3) is 2.56. The molecule has 1 heterocycles. The molecule has 1 aromatic carbocycles. The van der Waals surface area contributed by atoms with Crippen LogP contribution in [0.4, 0.5) is 10.1 Å². The van der Waals surface area contributed by atoms with Crippen LogP contribution in [0, 0.1) is 5.82 Å². The minimum atomic E-state index is -0.386. The summed E-state index contributed by atoms with van der Waals surface area (Å²) in [5.74, 6) is 0.615. The Labute approximate surface area is 109 Å². The monoisotopic (exact) mass is 269 g/mol. The van der Waals surface area contributed by atoms with Gasteiger partial charge in [0, 0.05) is 18.8 Å². The van der Waals surface area contributed by atoms with Gasteiger partial charge in [-0.1, -0.05) is 11.6 Å². The summed E-state index contributed by atoms with van der Waals surface area (Å²) in [6.07, 6.45) is 1.59. The SMILES string of the molecule is COc1cc(NCc2ncc(Cl)n2C)ccc1F. The number of aromatic nitrogens is 2. The minimum Gasteiger partial charge on any atom is -0.494 e. The van der Waals surface area contributed by atoms with Gasteiger partial charge in [0.15, 0.2) is 11.6 Å². The third-order valence-corrected chi connectivity index (χ3v) is 2.98. The molecule has 0 saturated heterocycles. The van der Waals surface area contributed by atoms with Gasteiger partial charge in [0.25, 0.3) is 0 Å². The highest BCUT2D eigenvalue weighted by Gasteiger charge is 2.06. The van der Waals surface area contributed by atoms with Gasteiger partial charge in [-0.15, -0.1) is 0 Å². The molecule has 0 aliphatic heterocycles. The van der Waals surface area contributed by atoms with Crippen LogP contribution in [0.5, 0.6) is 5.75 Å². The van der Waals surface area contributed by atoms with Crippen molar-refractivity contribution in [2.24, 2.45) is 7.05 Å². The molecular weight excluding hydrogens is 257 g/mol. The van der Waals surface area contributed by atoms with E-state index in [4.69, 9.17) is 16.3 Å². The zero-order valence-electron chi connectivity index (χ0n) is 10.1. The predicted molar refractivity (Wildman–Crippen MR) is 68.5 cm³/mol. The molecule has 0 aliphatic carbocycles. The molecule has 0 amide bonds. The Morgan fingerprint density at radius 3 is 2.89 bits per heavy atom. The van der Waals surface area contributed by atoms with Crippen LogP contribution in [-0.4, -0.2) is 16.7 Å². The van der Waals surface area contributed by atoms with Crippen LogP contribution in [0.25, 0.3) is 0 Å². The molecular formula is C12H13ClFN3O. The lowest BCUT2D eigenvalue weighted by atomic mass is 10.3. The van der Waals surface area contributed by atoms with Gasteiger partial charge in [0.1, 0.15) is 11.0 Å². The maximum absolute atomic E-state index is 13.2. The molecule has 0 aliphatic rings. The Morgan fingerprint density at radius 2 is 2.28 bits per heavy atom. The van der Waals surface area contributed by atoms with Crippen molar-refractivity contribution in [2.45, 2.75) is 6.54 Å². The molecule has 0 bridgehead atoms. The highest BCUT2D eigenvalue weighted by Crippen LogP contribution is 2.22. The lowest BCUT2D eigenvalue weighted by Gasteiger charge is -2.09. The molecule has 0 radical (unpaired) electrons. The summed E-state index contributed by atoms with van der Waals surface area (Å²) in [5, 5.41) is 3.70. The van der Waals surface area contributed by atoms with E-state index in [-0.39, 0.29) is 11.6 Å². The Hall–Kier alpha value is -1.75. The first-order valence-corrected chi connectivity index (χ1v) is 5.73. The van der Waals surface area contributed by atoms with Crippen molar-refractivity contribution in [1.29, 1.82) is 0 Å². The van der Waals surface area contributed by atoms with Crippen LogP contribution in [0.2, 0.25) is 5.15 Å². The van der Waals surface area contributed by atoms with Crippen molar-refractivity contribution in [1.82, 2.24) is 9.55 Å². The number of anilines is 1. The summed E-state index contributed by atoms with van der Waals surface area (Å²) in [5.41, 5.74) is 0.757. The summed E-state index contributed by atoms with van der Waals surface area (Å²) in [6.45, 7) is 0.498. The zero-order valence-corrected chi connectivity index (χ0v) is 10.8. The Balaban J connectivity index is 2.08. The number of imidazole rings is 1. The molecule has 1 N–H and O–H groups in total. The second-order valence-electron chi connectivity index (χ2n) is 3.76. The smallest absolute Gasteiger partial charge is 0.165 e. The number of rotatable bonds is 4. The van der Waals surface area contributed by atoms with E-state index < -0.39 is 0 Å².